The molecule has 1 fully saturated rings. The molecule has 0 radical (unpaired) electrons. The van der Waals surface area contributed by atoms with Crippen molar-refractivity contribution in [3.8, 4) is 0 Å². The van der Waals surface area contributed by atoms with Crippen LogP contribution in [0.5, 0.6) is 0 Å². The summed E-state index contributed by atoms with van der Waals surface area (Å²) in [5.74, 6) is 0.671. The van der Waals surface area contributed by atoms with Gasteiger partial charge in [0.25, 0.3) is 0 Å². The van der Waals surface area contributed by atoms with Crippen molar-refractivity contribution in [1.29, 1.82) is 0 Å². The average Bonchev–Trinajstić information content (AvgIpc) is 2.72. The maximum atomic E-state index is 11.8. The molecule has 1 unspecified atom stereocenters. The van der Waals surface area contributed by atoms with Gasteiger partial charge in [-0.25, -0.2) is 4.98 Å². The van der Waals surface area contributed by atoms with E-state index in [0.29, 0.717) is 5.82 Å². The molecule has 2 heterocycles. The second kappa shape index (κ2) is 3.30. The number of rotatable bonds is 2. The van der Waals surface area contributed by atoms with Gasteiger partial charge in [-0.05, 0) is 19.4 Å². The first kappa shape index (κ1) is 8.44. The van der Waals surface area contributed by atoms with Crippen molar-refractivity contribution < 1.29 is 4.79 Å². The third-order valence-electron chi connectivity index (χ3n) is 2.42. The van der Waals surface area contributed by atoms with Gasteiger partial charge in [-0.3, -0.25) is 4.79 Å². The number of ketones is 1. The number of carbonyl (C=O) groups is 1. The average molecular weight is 179 g/mol. The zero-order valence-corrected chi connectivity index (χ0v) is 7.66. The molecule has 4 nitrogen and oxygen atoms in total. The highest BCUT2D eigenvalue weighted by Crippen LogP contribution is 2.10. The summed E-state index contributed by atoms with van der Waals surface area (Å²) < 4.78 is 1.77. The first-order valence-corrected chi connectivity index (χ1v) is 4.54. The molecular weight excluding hydrogens is 166 g/mol. The van der Waals surface area contributed by atoms with E-state index in [1.54, 1.807) is 17.0 Å². The predicted octanol–water partition coefficient (Wildman–Crippen LogP) is 0.355. The van der Waals surface area contributed by atoms with Crippen LogP contribution < -0.4 is 5.32 Å². The fourth-order valence-corrected chi connectivity index (χ4v) is 1.67. The lowest BCUT2D eigenvalue weighted by Crippen LogP contribution is -2.32. The van der Waals surface area contributed by atoms with Crippen LogP contribution in [0.2, 0.25) is 0 Å². The standard InChI is InChI=1S/C9H13N3O/c1-12-6-5-11-9(12)8(13)7-3-2-4-10-7/h5-7,10H,2-4H2,1H3. The van der Waals surface area contributed by atoms with Crippen molar-refractivity contribution in [1.82, 2.24) is 14.9 Å². The number of nitrogens with zero attached hydrogens (tertiary/aromatic N) is 2. The first-order valence-electron chi connectivity index (χ1n) is 4.54. The molecule has 70 valence electrons. The van der Waals surface area contributed by atoms with Crippen LogP contribution in [-0.4, -0.2) is 27.9 Å². The number of Topliss-reactive ketones (excluding diaryl/α,β-unsaturated/α-hetero) is 1. The Kier molecular flexibility index (Phi) is 2.14. The van der Waals surface area contributed by atoms with Gasteiger partial charge in [-0.2, -0.15) is 0 Å². The molecule has 0 spiro atoms. The van der Waals surface area contributed by atoms with E-state index in [-0.39, 0.29) is 11.8 Å². The van der Waals surface area contributed by atoms with Crippen LogP contribution in [0.3, 0.4) is 0 Å². The molecule has 1 aliphatic rings. The van der Waals surface area contributed by atoms with E-state index < -0.39 is 0 Å². The smallest absolute Gasteiger partial charge is 0.215 e. The molecule has 1 saturated heterocycles. The van der Waals surface area contributed by atoms with Crippen molar-refractivity contribution in [2.24, 2.45) is 7.05 Å². The number of carbonyl (C=O) groups excluding carboxylic acids is 1. The number of aryl methyl sites for hydroxylation is 1. The van der Waals surface area contributed by atoms with E-state index in [0.717, 1.165) is 19.4 Å². The topological polar surface area (TPSA) is 46.9 Å². The number of nitrogens with one attached hydrogen (secondary N) is 1. The molecule has 13 heavy (non-hydrogen) atoms. The van der Waals surface area contributed by atoms with Crippen molar-refractivity contribution >= 4 is 5.78 Å². The molecule has 1 aliphatic heterocycles. The summed E-state index contributed by atoms with van der Waals surface area (Å²) in [6, 6.07) is -0.0129. The Balaban J connectivity index is 2.17. The summed E-state index contributed by atoms with van der Waals surface area (Å²) in [7, 11) is 1.84. The minimum Gasteiger partial charge on any atom is -0.332 e. The normalized spacial score (nSPS) is 22.1. The lowest BCUT2D eigenvalue weighted by Gasteiger charge is -2.07. The van der Waals surface area contributed by atoms with Crippen molar-refractivity contribution in [3.63, 3.8) is 0 Å². The molecule has 0 amide bonds. The predicted molar refractivity (Wildman–Crippen MR) is 48.6 cm³/mol. The van der Waals surface area contributed by atoms with E-state index in [1.165, 1.54) is 0 Å². The summed E-state index contributed by atoms with van der Waals surface area (Å²) in [5.41, 5.74) is 0. The highest BCUT2D eigenvalue weighted by Gasteiger charge is 2.25. The molecule has 1 aromatic heterocycles. The minimum absolute atomic E-state index is 0.0129. The van der Waals surface area contributed by atoms with Gasteiger partial charge in [0.2, 0.25) is 5.78 Å². The summed E-state index contributed by atoms with van der Waals surface area (Å²) >= 11 is 0. The van der Waals surface area contributed by atoms with Crippen molar-refractivity contribution in [2.45, 2.75) is 18.9 Å². The monoisotopic (exact) mass is 179 g/mol. The molecule has 0 saturated carbocycles. The highest BCUT2D eigenvalue weighted by atomic mass is 16.1. The van der Waals surface area contributed by atoms with Gasteiger partial charge in [0, 0.05) is 19.4 Å². The van der Waals surface area contributed by atoms with E-state index in [4.69, 9.17) is 0 Å². The second-order valence-electron chi connectivity index (χ2n) is 3.37. The maximum absolute atomic E-state index is 11.8. The van der Waals surface area contributed by atoms with Gasteiger partial charge in [0.05, 0.1) is 6.04 Å². The van der Waals surface area contributed by atoms with Gasteiger partial charge in [-0.1, -0.05) is 0 Å². The third-order valence-corrected chi connectivity index (χ3v) is 2.42. The maximum Gasteiger partial charge on any atom is 0.215 e. The Morgan fingerprint density at radius 2 is 2.62 bits per heavy atom. The summed E-state index contributed by atoms with van der Waals surface area (Å²) in [6.45, 7) is 0.945. The number of aromatic nitrogens is 2. The second-order valence-corrected chi connectivity index (χ2v) is 3.37. The highest BCUT2D eigenvalue weighted by molar-refractivity contribution is 5.97. The Labute approximate surface area is 77.0 Å². The summed E-state index contributed by atoms with van der Waals surface area (Å²) in [4.78, 5) is 15.8. The van der Waals surface area contributed by atoms with Gasteiger partial charge < -0.3 is 9.88 Å². The van der Waals surface area contributed by atoms with Crippen LogP contribution >= 0.6 is 0 Å². The Morgan fingerprint density at radius 3 is 3.15 bits per heavy atom. The molecule has 1 atom stereocenters. The van der Waals surface area contributed by atoms with Crippen molar-refractivity contribution in [3.05, 3.63) is 18.2 Å². The van der Waals surface area contributed by atoms with Gasteiger partial charge in [0.15, 0.2) is 5.82 Å². The molecule has 2 rings (SSSR count). The number of hydrogen-bond donors (Lipinski definition) is 1. The van der Waals surface area contributed by atoms with Gasteiger partial charge in [-0.15, -0.1) is 0 Å². The number of imidazole rings is 1. The quantitative estimate of drug-likeness (QED) is 0.666. The largest absolute Gasteiger partial charge is 0.332 e. The fraction of sp³-hybridized carbons (Fsp3) is 0.556. The lowest BCUT2D eigenvalue weighted by atomic mass is 10.1. The van der Waals surface area contributed by atoms with Crippen LogP contribution in [0.15, 0.2) is 12.4 Å². The zero-order chi connectivity index (χ0) is 9.26. The lowest BCUT2D eigenvalue weighted by molar-refractivity contribution is 0.0939. The van der Waals surface area contributed by atoms with Crippen LogP contribution in [0.25, 0.3) is 0 Å². The molecule has 0 aliphatic carbocycles. The van der Waals surface area contributed by atoms with Crippen molar-refractivity contribution in [2.75, 3.05) is 6.54 Å². The molecule has 1 aromatic rings. The Hall–Kier alpha value is -1.16. The van der Waals surface area contributed by atoms with Crippen LogP contribution in [0.4, 0.5) is 0 Å². The van der Waals surface area contributed by atoms with Crippen LogP contribution in [0, 0.1) is 0 Å². The molecule has 4 heteroatoms. The van der Waals surface area contributed by atoms with Crippen LogP contribution in [-0.2, 0) is 7.05 Å². The number of hydrogen-bond acceptors (Lipinski definition) is 3. The van der Waals surface area contributed by atoms with E-state index >= 15 is 0 Å². The van der Waals surface area contributed by atoms with E-state index in [2.05, 4.69) is 10.3 Å². The third kappa shape index (κ3) is 1.49. The summed E-state index contributed by atoms with van der Waals surface area (Å²) in [5, 5.41) is 3.17. The van der Waals surface area contributed by atoms with Gasteiger partial charge >= 0.3 is 0 Å². The van der Waals surface area contributed by atoms with Crippen LogP contribution in [0.1, 0.15) is 23.5 Å². The molecule has 0 aromatic carbocycles. The molecular formula is C9H13N3O. The Bertz CT molecular complexity index is 312. The SMILES string of the molecule is Cn1ccnc1C(=O)C1CCCN1. The minimum atomic E-state index is -0.0129. The summed E-state index contributed by atoms with van der Waals surface area (Å²) in [6.07, 6.45) is 5.47. The van der Waals surface area contributed by atoms with E-state index in [1.807, 2.05) is 7.05 Å². The first-order chi connectivity index (χ1) is 6.29. The molecule has 0 bridgehead atoms. The van der Waals surface area contributed by atoms with E-state index in [9.17, 15) is 4.79 Å². The molecule has 1 N–H and O–H groups in total. The Morgan fingerprint density at radius 1 is 1.77 bits per heavy atom. The zero-order valence-electron chi connectivity index (χ0n) is 7.66. The fourth-order valence-electron chi connectivity index (χ4n) is 1.67. The van der Waals surface area contributed by atoms with Gasteiger partial charge in [0.1, 0.15) is 0 Å².